The van der Waals surface area contributed by atoms with Crippen LogP contribution in [-0.4, -0.2) is 22.4 Å². The second-order valence-electron chi connectivity index (χ2n) is 3.23. The lowest BCUT2D eigenvalue weighted by Gasteiger charge is -2.08. The van der Waals surface area contributed by atoms with E-state index in [1.807, 2.05) is 0 Å². The first-order valence-corrected chi connectivity index (χ1v) is 5.82. The van der Waals surface area contributed by atoms with Crippen molar-refractivity contribution in [2.75, 3.05) is 7.11 Å². The Bertz CT molecular complexity index is 387. The summed E-state index contributed by atoms with van der Waals surface area (Å²) in [4.78, 5) is 11.7. The molecule has 15 heavy (non-hydrogen) atoms. The van der Waals surface area contributed by atoms with Crippen LogP contribution in [0.5, 0.6) is 5.75 Å². The summed E-state index contributed by atoms with van der Waals surface area (Å²) in [5.41, 5.74) is 0. The van der Waals surface area contributed by atoms with Gasteiger partial charge in [0.2, 0.25) is 0 Å². The number of ketones is 1. The van der Waals surface area contributed by atoms with E-state index in [9.17, 15) is 9.00 Å². The van der Waals surface area contributed by atoms with Gasteiger partial charge in [0.05, 0.1) is 23.2 Å². The highest BCUT2D eigenvalue weighted by Gasteiger charge is 2.17. The monoisotopic (exact) mass is 226 g/mol. The summed E-state index contributed by atoms with van der Waals surface area (Å²) in [7, 11) is 0.252. The van der Waals surface area contributed by atoms with Crippen LogP contribution < -0.4 is 4.74 Å². The zero-order valence-electron chi connectivity index (χ0n) is 9.02. The minimum absolute atomic E-state index is 0.0730. The van der Waals surface area contributed by atoms with Crippen molar-refractivity contribution in [2.45, 2.75) is 24.0 Å². The van der Waals surface area contributed by atoms with Crippen molar-refractivity contribution in [1.82, 2.24) is 0 Å². The van der Waals surface area contributed by atoms with Gasteiger partial charge in [0.1, 0.15) is 11.5 Å². The maximum Gasteiger partial charge on any atom is 0.145 e. The molecule has 0 saturated heterocycles. The highest BCUT2D eigenvalue weighted by molar-refractivity contribution is 7.86. The molecule has 0 bridgehead atoms. The number of carbonyl (C=O) groups is 1. The molecule has 2 unspecified atom stereocenters. The highest BCUT2D eigenvalue weighted by atomic mass is 32.2. The first-order chi connectivity index (χ1) is 7.06. The molecule has 0 aliphatic heterocycles. The molecule has 0 fully saturated rings. The second-order valence-corrected chi connectivity index (χ2v) is 5.00. The van der Waals surface area contributed by atoms with Crippen molar-refractivity contribution in [2.24, 2.45) is 0 Å². The predicted octanol–water partition coefficient (Wildman–Crippen LogP) is 1.78. The van der Waals surface area contributed by atoms with Crippen LogP contribution in [0.15, 0.2) is 29.2 Å². The Morgan fingerprint density at radius 1 is 1.47 bits per heavy atom. The average molecular weight is 226 g/mol. The van der Waals surface area contributed by atoms with Crippen molar-refractivity contribution in [3.05, 3.63) is 24.3 Å². The molecule has 1 aromatic rings. The first kappa shape index (κ1) is 11.9. The number of ether oxygens (including phenoxy) is 1. The van der Waals surface area contributed by atoms with Crippen molar-refractivity contribution in [1.29, 1.82) is 0 Å². The van der Waals surface area contributed by atoms with Crippen LogP contribution >= 0.6 is 0 Å². The van der Waals surface area contributed by atoms with Crippen LogP contribution in [-0.2, 0) is 15.6 Å². The molecule has 1 aromatic carbocycles. The molecule has 0 spiro atoms. The Kier molecular flexibility index (Phi) is 4.03. The molecular formula is C11H14O3S. The van der Waals surface area contributed by atoms with E-state index in [1.54, 1.807) is 38.3 Å². The average Bonchev–Trinajstić information content (AvgIpc) is 2.27. The lowest BCUT2D eigenvalue weighted by atomic mass is 10.3. The molecule has 0 radical (unpaired) electrons. The number of rotatable bonds is 4. The van der Waals surface area contributed by atoms with Gasteiger partial charge in [-0.25, -0.2) is 0 Å². The van der Waals surface area contributed by atoms with E-state index in [-0.39, 0.29) is 5.78 Å². The Labute approximate surface area is 91.9 Å². The number of methoxy groups -OCH3 is 1. The Morgan fingerprint density at radius 2 is 2.13 bits per heavy atom. The minimum atomic E-state index is -1.30. The molecule has 0 aliphatic carbocycles. The van der Waals surface area contributed by atoms with Gasteiger partial charge < -0.3 is 4.74 Å². The van der Waals surface area contributed by atoms with Crippen LogP contribution in [0.3, 0.4) is 0 Å². The second kappa shape index (κ2) is 5.07. The third-order valence-corrected chi connectivity index (χ3v) is 3.86. The molecule has 1 rings (SSSR count). The van der Waals surface area contributed by atoms with Gasteiger partial charge >= 0.3 is 0 Å². The molecule has 3 nitrogen and oxygen atoms in total. The molecule has 0 saturated carbocycles. The summed E-state index contributed by atoms with van der Waals surface area (Å²) < 4.78 is 16.9. The largest absolute Gasteiger partial charge is 0.497 e. The summed E-state index contributed by atoms with van der Waals surface area (Å²) in [5.74, 6) is 0.577. The minimum Gasteiger partial charge on any atom is -0.497 e. The van der Waals surface area contributed by atoms with Gasteiger partial charge in [-0.15, -0.1) is 0 Å². The van der Waals surface area contributed by atoms with Crippen molar-refractivity contribution >= 4 is 16.6 Å². The Hall–Kier alpha value is -1.16. The molecular weight excluding hydrogens is 212 g/mol. The van der Waals surface area contributed by atoms with Gasteiger partial charge in [0.15, 0.2) is 0 Å². The fourth-order valence-electron chi connectivity index (χ4n) is 1.08. The number of carbonyl (C=O) groups excluding carboxylic acids is 1. The maximum absolute atomic E-state index is 11.9. The fraction of sp³-hybridized carbons (Fsp3) is 0.364. The van der Waals surface area contributed by atoms with Crippen LogP contribution in [0, 0.1) is 0 Å². The summed E-state index contributed by atoms with van der Waals surface area (Å²) >= 11 is 0. The fourth-order valence-corrected chi connectivity index (χ4v) is 2.24. The third-order valence-electron chi connectivity index (χ3n) is 2.17. The van der Waals surface area contributed by atoms with Gasteiger partial charge in [0, 0.05) is 4.90 Å². The zero-order valence-corrected chi connectivity index (χ0v) is 9.84. The van der Waals surface area contributed by atoms with Gasteiger partial charge in [-0.05, 0) is 32.0 Å². The highest BCUT2D eigenvalue weighted by Crippen LogP contribution is 2.18. The van der Waals surface area contributed by atoms with Crippen molar-refractivity contribution in [3.63, 3.8) is 0 Å². The molecule has 0 N–H and O–H groups in total. The van der Waals surface area contributed by atoms with Gasteiger partial charge in [-0.3, -0.25) is 9.00 Å². The smallest absolute Gasteiger partial charge is 0.145 e. The Balaban J connectivity index is 2.96. The lowest BCUT2D eigenvalue weighted by Crippen LogP contribution is -2.19. The van der Waals surface area contributed by atoms with Crippen molar-refractivity contribution in [3.8, 4) is 5.75 Å². The van der Waals surface area contributed by atoms with E-state index in [0.29, 0.717) is 10.6 Å². The standard InChI is InChI=1S/C11H14O3S/c1-8(12)9(2)15(13)11-6-4-5-10(7-11)14-3/h4-7,9H,1-3H3. The topological polar surface area (TPSA) is 43.4 Å². The molecule has 82 valence electrons. The first-order valence-electron chi connectivity index (χ1n) is 4.61. The molecule has 4 heteroatoms. The number of hydrogen-bond acceptors (Lipinski definition) is 3. The van der Waals surface area contributed by atoms with Gasteiger partial charge in [-0.2, -0.15) is 0 Å². The normalized spacial score (nSPS) is 14.3. The summed E-state index contributed by atoms with van der Waals surface area (Å²) in [5, 5.41) is -0.475. The SMILES string of the molecule is COc1cccc(S(=O)C(C)C(C)=O)c1. The summed E-state index contributed by atoms with van der Waals surface area (Å²) in [6, 6.07) is 6.96. The van der Waals surface area contributed by atoms with E-state index in [4.69, 9.17) is 4.74 Å². The van der Waals surface area contributed by atoms with E-state index in [1.165, 1.54) is 6.92 Å². The predicted molar refractivity (Wildman–Crippen MR) is 59.5 cm³/mol. The van der Waals surface area contributed by atoms with Crippen LogP contribution in [0.1, 0.15) is 13.8 Å². The van der Waals surface area contributed by atoms with Gasteiger partial charge in [0.25, 0.3) is 0 Å². The van der Waals surface area contributed by atoms with Crippen LogP contribution in [0.2, 0.25) is 0 Å². The molecule has 0 aromatic heterocycles. The number of hydrogen-bond donors (Lipinski definition) is 0. The van der Waals surface area contributed by atoms with Crippen LogP contribution in [0.25, 0.3) is 0 Å². The Morgan fingerprint density at radius 3 is 2.67 bits per heavy atom. The van der Waals surface area contributed by atoms with Gasteiger partial charge in [-0.1, -0.05) is 6.07 Å². The van der Waals surface area contributed by atoms with E-state index >= 15 is 0 Å². The van der Waals surface area contributed by atoms with Crippen LogP contribution in [0.4, 0.5) is 0 Å². The van der Waals surface area contributed by atoms with Crippen molar-refractivity contribution < 1.29 is 13.7 Å². The van der Waals surface area contributed by atoms with E-state index in [0.717, 1.165) is 0 Å². The van der Waals surface area contributed by atoms with E-state index < -0.39 is 16.0 Å². The summed E-state index contributed by atoms with van der Waals surface area (Å²) in [6.45, 7) is 3.11. The molecule has 0 amide bonds. The number of benzene rings is 1. The molecule has 0 aliphatic rings. The van der Waals surface area contributed by atoms with E-state index in [2.05, 4.69) is 0 Å². The molecule has 2 atom stereocenters. The summed E-state index contributed by atoms with van der Waals surface area (Å²) in [6.07, 6.45) is 0. The quantitative estimate of drug-likeness (QED) is 0.786. The molecule has 0 heterocycles. The number of Topliss-reactive ketones (excluding diaryl/α,β-unsaturated/α-hetero) is 1. The maximum atomic E-state index is 11.9. The zero-order chi connectivity index (χ0) is 11.4. The third kappa shape index (κ3) is 2.89. The lowest BCUT2D eigenvalue weighted by molar-refractivity contribution is -0.116.